The van der Waals surface area contributed by atoms with Gasteiger partial charge in [0.25, 0.3) is 0 Å². The zero-order valence-electron chi connectivity index (χ0n) is 16.9. The van der Waals surface area contributed by atoms with Crippen LogP contribution >= 0.6 is 0 Å². The van der Waals surface area contributed by atoms with Crippen molar-refractivity contribution >= 4 is 11.9 Å². The Kier molecular flexibility index (Phi) is 7.06. The monoisotopic (exact) mass is 358 g/mol. The smallest absolute Gasteiger partial charge is 0.242 e. The molecule has 0 bridgehead atoms. The first-order valence-corrected chi connectivity index (χ1v) is 9.60. The second kappa shape index (κ2) is 9.06. The van der Waals surface area contributed by atoms with Crippen molar-refractivity contribution in [3.05, 3.63) is 35.4 Å². The summed E-state index contributed by atoms with van der Waals surface area (Å²) in [5, 5.41) is 6.55. The summed E-state index contributed by atoms with van der Waals surface area (Å²) in [6.07, 6.45) is 3.14. The van der Waals surface area contributed by atoms with Crippen molar-refractivity contribution in [1.29, 1.82) is 0 Å². The van der Waals surface area contributed by atoms with Crippen LogP contribution in [0.3, 0.4) is 0 Å². The molecule has 26 heavy (non-hydrogen) atoms. The van der Waals surface area contributed by atoms with Crippen molar-refractivity contribution in [2.75, 3.05) is 20.1 Å². The molecule has 1 aromatic rings. The molecule has 0 spiro atoms. The summed E-state index contributed by atoms with van der Waals surface area (Å²) in [5.41, 5.74) is 2.94. The van der Waals surface area contributed by atoms with Gasteiger partial charge in [0.2, 0.25) is 5.91 Å². The lowest BCUT2D eigenvalue weighted by molar-refractivity contribution is -0.130. The van der Waals surface area contributed by atoms with Gasteiger partial charge in [-0.1, -0.05) is 45.0 Å². The van der Waals surface area contributed by atoms with Gasteiger partial charge in [-0.15, -0.1) is 0 Å². The molecule has 144 valence electrons. The summed E-state index contributed by atoms with van der Waals surface area (Å²) in [7, 11) is 1.74. The maximum atomic E-state index is 12.6. The number of fused-ring (bicyclic) bond motifs is 1. The van der Waals surface area contributed by atoms with Crippen molar-refractivity contribution in [3.8, 4) is 0 Å². The summed E-state index contributed by atoms with van der Waals surface area (Å²) in [6, 6.07) is 8.68. The van der Waals surface area contributed by atoms with Crippen LogP contribution < -0.4 is 10.6 Å². The number of aliphatic imine (C=N–C) groups is 1. The molecule has 2 rings (SSSR count). The molecule has 0 saturated carbocycles. The molecule has 0 fully saturated rings. The van der Waals surface area contributed by atoms with Gasteiger partial charge in [0.15, 0.2) is 5.96 Å². The molecular weight excluding hydrogens is 324 g/mol. The van der Waals surface area contributed by atoms with E-state index < -0.39 is 0 Å². The maximum absolute atomic E-state index is 12.6. The number of nitrogens with zero attached hydrogens (tertiary/aromatic N) is 2. The first-order valence-electron chi connectivity index (χ1n) is 9.60. The highest BCUT2D eigenvalue weighted by molar-refractivity contribution is 5.86. The van der Waals surface area contributed by atoms with E-state index >= 15 is 0 Å². The van der Waals surface area contributed by atoms with Crippen molar-refractivity contribution in [3.63, 3.8) is 0 Å². The largest absolute Gasteiger partial charge is 0.354 e. The van der Waals surface area contributed by atoms with Gasteiger partial charge in [-0.05, 0) is 42.7 Å². The molecule has 1 atom stereocenters. The molecule has 1 heterocycles. The lowest BCUT2D eigenvalue weighted by Gasteiger charge is -2.29. The van der Waals surface area contributed by atoms with E-state index in [1.807, 2.05) is 11.0 Å². The summed E-state index contributed by atoms with van der Waals surface area (Å²) in [5.74, 6) is 0.807. The van der Waals surface area contributed by atoms with E-state index in [1.165, 1.54) is 11.1 Å². The van der Waals surface area contributed by atoms with Gasteiger partial charge < -0.3 is 15.5 Å². The van der Waals surface area contributed by atoms with E-state index in [0.29, 0.717) is 24.0 Å². The molecule has 1 unspecified atom stereocenters. The summed E-state index contributed by atoms with van der Waals surface area (Å²) >= 11 is 0. The van der Waals surface area contributed by atoms with Gasteiger partial charge in [-0.2, -0.15) is 0 Å². The van der Waals surface area contributed by atoms with Crippen LogP contribution in [-0.2, 0) is 17.8 Å². The third kappa shape index (κ3) is 6.36. The quantitative estimate of drug-likeness (QED) is 0.628. The Bertz CT molecular complexity index is 633. The Morgan fingerprint density at radius 3 is 2.62 bits per heavy atom. The molecule has 1 aliphatic rings. The number of guanidine groups is 1. The predicted octanol–water partition coefficient (Wildman–Crippen LogP) is 2.95. The minimum atomic E-state index is 0.116. The van der Waals surface area contributed by atoms with Crippen molar-refractivity contribution in [1.82, 2.24) is 15.5 Å². The molecule has 0 saturated heterocycles. The summed E-state index contributed by atoms with van der Waals surface area (Å²) in [4.78, 5) is 18.7. The zero-order valence-corrected chi connectivity index (χ0v) is 16.9. The number of nitrogens with one attached hydrogen (secondary N) is 2. The van der Waals surface area contributed by atoms with E-state index in [2.05, 4.69) is 61.5 Å². The van der Waals surface area contributed by atoms with E-state index in [9.17, 15) is 4.79 Å². The van der Waals surface area contributed by atoms with E-state index in [1.54, 1.807) is 7.05 Å². The minimum absolute atomic E-state index is 0.116. The van der Waals surface area contributed by atoms with Crippen LogP contribution in [0.1, 0.15) is 51.7 Å². The second-order valence-corrected chi connectivity index (χ2v) is 8.40. The van der Waals surface area contributed by atoms with Crippen molar-refractivity contribution in [2.24, 2.45) is 10.4 Å². The molecule has 5 nitrogen and oxygen atoms in total. The Hall–Kier alpha value is -2.04. The molecule has 0 aliphatic carbocycles. The average molecular weight is 359 g/mol. The Morgan fingerprint density at radius 1 is 1.27 bits per heavy atom. The first-order chi connectivity index (χ1) is 12.3. The first kappa shape index (κ1) is 20.3. The highest BCUT2D eigenvalue weighted by Gasteiger charge is 2.20. The fourth-order valence-electron chi connectivity index (χ4n) is 3.13. The van der Waals surface area contributed by atoms with Crippen LogP contribution in [0.4, 0.5) is 0 Å². The molecule has 2 N–H and O–H groups in total. The lowest BCUT2D eigenvalue weighted by atomic mass is 9.89. The van der Waals surface area contributed by atoms with Crippen molar-refractivity contribution < 1.29 is 4.79 Å². The number of carbonyl (C=O) groups is 1. The highest BCUT2D eigenvalue weighted by Crippen LogP contribution is 2.21. The Morgan fingerprint density at radius 2 is 1.96 bits per heavy atom. The lowest BCUT2D eigenvalue weighted by Crippen LogP contribution is -2.47. The maximum Gasteiger partial charge on any atom is 0.242 e. The topological polar surface area (TPSA) is 56.7 Å². The Balaban J connectivity index is 1.78. The SMILES string of the molecule is CN=C(NCC(=O)N1CCc2ccccc2C1)NC(C)CCC(C)(C)C. The van der Waals surface area contributed by atoms with E-state index in [-0.39, 0.29) is 12.5 Å². The van der Waals surface area contributed by atoms with Gasteiger partial charge >= 0.3 is 0 Å². The summed E-state index contributed by atoms with van der Waals surface area (Å²) in [6.45, 7) is 10.7. The number of hydrogen-bond acceptors (Lipinski definition) is 2. The molecule has 0 radical (unpaired) electrons. The van der Waals surface area contributed by atoms with Gasteiger partial charge in [-0.3, -0.25) is 9.79 Å². The fourth-order valence-corrected chi connectivity index (χ4v) is 3.13. The van der Waals surface area contributed by atoms with Crippen molar-refractivity contribution in [2.45, 2.75) is 59.5 Å². The van der Waals surface area contributed by atoms with Crippen LogP contribution in [0.5, 0.6) is 0 Å². The van der Waals surface area contributed by atoms with Gasteiger partial charge in [0, 0.05) is 26.2 Å². The number of rotatable bonds is 5. The minimum Gasteiger partial charge on any atom is -0.354 e. The fraction of sp³-hybridized carbons (Fsp3) is 0.619. The van der Waals surface area contributed by atoms with Crippen LogP contribution in [0.2, 0.25) is 0 Å². The van der Waals surface area contributed by atoms with E-state index in [4.69, 9.17) is 0 Å². The summed E-state index contributed by atoms with van der Waals surface area (Å²) < 4.78 is 0. The molecule has 5 heteroatoms. The third-order valence-electron chi connectivity index (χ3n) is 4.82. The number of carbonyl (C=O) groups excluding carboxylic acids is 1. The molecule has 1 aliphatic heterocycles. The zero-order chi connectivity index (χ0) is 19.2. The van der Waals surface area contributed by atoms with Crippen LogP contribution in [0, 0.1) is 5.41 Å². The molecule has 1 amide bonds. The second-order valence-electron chi connectivity index (χ2n) is 8.40. The molecule has 0 aromatic heterocycles. The predicted molar refractivity (Wildman–Crippen MR) is 108 cm³/mol. The highest BCUT2D eigenvalue weighted by atomic mass is 16.2. The van der Waals surface area contributed by atoms with Crippen LogP contribution in [-0.4, -0.2) is 42.9 Å². The number of hydrogen-bond donors (Lipinski definition) is 2. The van der Waals surface area contributed by atoms with Gasteiger partial charge in [0.05, 0.1) is 6.54 Å². The number of benzene rings is 1. The number of amides is 1. The van der Waals surface area contributed by atoms with Crippen LogP contribution in [0.15, 0.2) is 29.3 Å². The van der Waals surface area contributed by atoms with Gasteiger partial charge in [0.1, 0.15) is 0 Å². The Labute approximate surface area is 158 Å². The molecule has 1 aromatic carbocycles. The van der Waals surface area contributed by atoms with E-state index in [0.717, 1.165) is 25.8 Å². The standard InChI is InChI=1S/C21H34N4O/c1-16(10-12-21(2,3)4)24-20(22-5)23-14-19(26)25-13-11-17-8-6-7-9-18(17)15-25/h6-9,16H,10-15H2,1-5H3,(H2,22,23,24). The normalized spacial score (nSPS) is 16.0. The van der Waals surface area contributed by atoms with Crippen LogP contribution in [0.25, 0.3) is 0 Å². The molecular formula is C21H34N4O. The van der Waals surface area contributed by atoms with Gasteiger partial charge in [-0.25, -0.2) is 0 Å². The third-order valence-corrected chi connectivity index (χ3v) is 4.82. The average Bonchev–Trinajstić information content (AvgIpc) is 2.62.